The van der Waals surface area contributed by atoms with Gasteiger partial charge in [0, 0.05) is 0 Å². The van der Waals surface area contributed by atoms with Gasteiger partial charge in [0.15, 0.2) is 0 Å². The summed E-state index contributed by atoms with van der Waals surface area (Å²) in [5, 5.41) is 1.39. The number of allylic oxidation sites excluding steroid dienone is 1. The van der Waals surface area contributed by atoms with Crippen molar-refractivity contribution in [2.24, 2.45) is 5.92 Å². The van der Waals surface area contributed by atoms with Crippen molar-refractivity contribution in [3.05, 3.63) is 9.88 Å². The van der Waals surface area contributed by atoms with E-state index in [0.29, 0.717) is 0 Å². The van der Waals surface area contributed by atoms with Crippen molar-refractivity contribution in [1.82, 2.24) is 0 Å². The Morgan fingerprint density at radius 2 is 2.18 bits per heavy atom. The summed E-state index contributed by atoms with van der Waals surface area (Å²) in [6.45, 7) is 8.97. The predicted molar refractivity (Wildman–Crippen MR) is 57.3 cm³/mol. The normalized spacial score (nSPS) is 12.6. The van der Waals surface area contributed by atoms with E-state index in [4.69, 9.17) is 0 Å². The predicted octanol–water partition coefficient (Wildman–Crippen LogP) is 3.38. The number of hydrogen-bond donors (Lipinski definition) is 0. The van der Waals surface area contributed by atoms with Crippen LogP contribution in [0.3, 0.4) is 0 Å². The van der Waals surface area contributed by atoms with Crippen molar-refractivity contribution in [3.63, 3.8) is 0 Å². The first kappa shape index (κ1) is 11.6. The van der Waals surface area contributed by atoms with Crippen molar-refractivity contribution in [2.45, 2.75) is 33.0 Å². The van der Waals surface area contributed by atoms with E-state index in [9.17, 15) is 0 Å². The topological polar surface area (TPSA) is 0 Å². The molecule has 0 aliphatic heterocycles. The zero-order valence-corrected chi connectivity index (χ0v) is 10.4. The molecule has 0 aromatic rings. The van der Waals surface area contributed by atoms with Gasteiger partial charge in [0.25, 0.3) is 0 Å². The summed E-state index contributed by atoms with van der Waals surface area (Å²) in [7, 11) is 0. The second-order valence-electron chi connectivity index (χ2n) is 2.75. The van der Waals surface area contributed by atoms with Crippen LogP contribution in [0, 0.1) is 5.92 Å². The molecule has 0 aliphatic carbocycles. The summed E-state index contributed by atoms with van der Waals surface area (Å²) in [6, 6.07) is 0. The van der Waals surface area contributed by atoms with Gasteiger partial charge in [-0.2, -0.15) is 0 Å². The Morgan fingerprint density at radius 3 is 2.55 bits per heavy atom. The summed E-state index contributed by atoms with van der Waals surface area (Å²) in [4.78, 5) is 0. The van der Waals surface area contributed by atoms with Crippen LogP contribution in [-0.4, -0.2) is 20.7 Å². The molecule has 11 heavy (non-hydrogen) atoms. The fourth-order valence-electron chi connectivity index (χ4n) is 0.599. The third-order valence-corrected chi connectivity index (χ3v) is 6.08. The maximum atomic E-state index is 2.30. The zero-order chi connectivity index (χ0) is 8.69. The van der Waals surface area contributed by atoms with E-state index in [2.05, 4.69) is 33.8 Å². The maximum absolute atomic E-state index is 2.30. The monoisotopic (exact) mass is 238 g/mol. The van der Waals surface area contributed by atoms with Crippen LogP contribution in [-0.2, 0) is 0 Å². The molecular weight excluding hydrogens is 219 g/mol. The first-order valence-electron chi connectivity index (χ1n) is 4.12. The standard InChI is InChI=1S/C9H18SSe/c1-5-9(10-6-2)11-7-8(3)4/h5,8H,6-7H2,1-4H3/b9-5+. The Morgan fingerprint density at radius 1 is 1.55 bits per heavy atom. The Balaban J connectivity index is 3.53. The Labute approximate surface area is 81.4 Å². The van der Waals surface area contributed by atoms with E-state index in [1.54, 1.807) is 3.80 Å². The van der Waals surface area contributed by atoms with Crippen LogP contribution in [0.4, 0.5) is 0 Å². The van der Waals surface area contributed by atoms with Gasteiger partial charge >= 0.3 is 81.3 Å². The van der Waals surface area contributed by atoms with Crippen molar-refractivity contribution < 1.29 is 0 Å². The molecule has 0 aliphatic rings. The Bertz CT molecular complexity index is 119. The minimum absolute atomic E-state index is 0.740. The summed E-state index contributed by atoms with van der Waals surface area (Å²) in [6.07, 6.45) is 2.27. The summed E-state index contributed by atoms with van der Waals surface area (Å²) < 4.78 is 1.62. The van der Waals surface area contributed by atoms with Gasteiger partial charge < -0.3 is 0 Å². The van der Waals surface area contributed by atoms with Gasteiger partial charge in [-0.25, -0.2) is 0 Å². The first-order valence-corrected chi connectivity index (χ1v) is 7.18. The van der Waals surface area contributed by atoms with Crippen molar-refractivity contribution >= 4 is 26.7 Å². The molecule has 0 aromatic carbocycles. The van der Waals surface area contributed by atoms with Gasteiger partial charge in [0.2, 0.25) is 0 Å². The van der Waals surface area contributed by atoms with Gasteiger partial charge in [-0.3, -0.25) is 0 Å². The summed E-state index contributed by atoms with van der Waals surface area (Å²) in [5.41, 5.74) is 0. The van der Waals surface area contributed by atoms with Gasteiger partial charge in [-0.05, 0) is 0 Å². The van der Waals surface area contributed by atoms with Gasteiger partial charge in [0.1, 0.15) is 0 Å². The first-order chi connectivity index (χ1) is 5.20. The zero-order valence-electron chi connectivity index (χ0n) is 7.89. The molecule has 0 nitrogen and oxygen atoms in total. The van der Waals surface area contributed by atoms with Crippen LogP contribution in [0.2, 0.25) is 5.32 Å². The quantitative estimate of drug-likeness (QED) is 0.660. The minimum atomic E-state index is 0.740. The summed E-state index contributed by atoms with van der Waals surface area (Å²) in [5.74, 6) is 2.09. The van der Waals surface area contributed by atoms with Crippen LogP contribution in [0.15, 0.2) is 9.88 Å². The Kier molecular flexibility index (Phi) is 7.67. The number of thioether (sulfide) groups is 1. The molecule has 0 heterocycles. The number of hydrogen-bond acceptors (Lipinski definition) is 1. The van der Waals surface area contributed by atoms with Crippen LogP contribution in [0.25, 0.3) is 0 Å². The SMILES string of the molecule is C/C=C(\SCC)[Se]CC(C)C. The van der Waals surface area contributed by atoms with Crippen LogP contribution < -0.4 is 0 Å². The molecule has 0 spiro atoms. The molecule has 0 atom stereocenters. The van der Waals surface area contributed by atoms with E-state index >= 15 is 0 Å². The molecule has 0 saturated carbocycles. The molecule has 2 heteroatoms. The van der Waals surface area contributed by atoms with Crippen LogP contribution in [0.5, 0.6) is 0 Å². The molecule has 0 amide bonds. The molecule has 66 valence electrons. The van der Waals surface area contributed by atoms with Gasteiger partial charge in [0.05, 0.1) is 0 Å². The van der Waals surface area contributed by atoms with Crippen LogP contribution >= 0.6 is 11.8 Å². The van der Waals surface area contributed by atoms with E-state index < -0.39 is 0 Å². The second kappa shape index (κ2) is 7.27. The second-order valence-corrected chi connectivity index (χ2v) is 6.86. The van der Waals surface area contributed by atoms with Crippen LogP contribution in [0.1, 0.15) is 27.7 Å². The van der Waals surface area contributed by atoms with Crippen molar-refractivity contribution in [3.8, 4) is 0 Å². The van der Waals surface area contributed by atoms with Crippen molar-refractivity contribution in [1.29, 1.82) is 0 Å². The molecule has 0 unspecified atom stereocenters. The summed E-state index contributed by atoms with van der Waals surface area (Å²) >= 11 is 2.75. The molecule has 0 aromatic heterocycles. The fraction of sp³-hybridized carbons (Fsp3) is 0.778. The molecule has 0 rings (SSSR count). The number of rotatable bonds is 5. The molecule has 0 N–H and O–H groups in total. The van der Waals surface area contributed by atoms with Gasteiger partial charge in [-0.1, -0.05) is 0 Å². The molecular formula is C9H18SSe. The van der Waals surface area contributed by atoms with E-state index in [-0.39, 0.29) is 0 Å². The van der Waals surface area contributed by atoms with E-state index in [1.807, 2.05) is 11.8 Å². The van der Waals surface area contributed by atoms with Crippen molar-refractivity contribution in [2.75, 3.05) is 5.75 Å². The van der Waals surface area contributed by atoms with Gasteiger partial charge in [-0.15, -0.1) is 0 Å². The average molecular weight is 237 g/mol. The molecule has 0 saturated heterocycles. The Hall–Kier alpha value is 0.609. The fourth-order valence-corrected chi connectivity index (χ4v) is 4.15. The average Bonchev–Trinajstić information content (AvgIpc) is 1.97. The molecule has 0 fully saturated rings. The van der Waals surface area contributed by atoms with E-state index in [0.717, 1.165) is 20.9 Å². The third kappa shape index (κ3) is 6.99. The molecule has 0 bridgehead atoms. The third-order valence-electron chi connectivity index (χ3n) is 1.08. The van der Waals surface area contributed by atoms with E-state index in [1.165, 1.54) is 11.1 Å². The molecule has 0 radical (unpaired) electrons.